The van der Waals surface area contributed by atoms with Crippen molar-refractivity contribution in [2.24, 2.45) is 0 Å². The number of fused-ring (bicyclic) bond motifs is 1. The van der Waals surface area contributed by atoms with Gasteiger partial charge in [0.25, 0.3) is 5.91 Å². The molecule has 34 heavy (non-hydrogen) atoms. The second-order valence-electron chi connectivity index (χ2n) is 8.23. The molecule has 0 aliphatic heterocycles. The van der Waals surface area contributed by atoms with Crippen molar-refractivity contribution >= 4 is 45.8 Å². The first-order chi connectivity index (χ1) is 16.2. The molecule has 1 atom stereocenters. The molecule has 0 saturated heterocycles. The third-order valence-corrected chi connectivity index (χ3v) is 6.08. The molecule has 0 aliphatic rings. The lowest BCUT2D eigenvalue weighted by Crippen LogP contribution is -2.32. The van der Waals surface area contributed by atoms with E-state index in [2.05, 4.69) is 5.32 Å². The Morgan fingerprint density at radius 1 is 1.00 bits per heavy atom. The van der Waals surface area contributed by atoms with Crippen LogP contribution in [0.2, 0.25) is 10.0 Å². The van der Waals surface area contributed by atoms with E-state index in [0.717, 1.165) is 22.4 Å². The zero-order valence-electron chi connectivity index (χ0n) is 19.2. The topological polar surface area (TPSA) is 68.5 Å². The number of carbonyl (C=O) groups excluding carboxylic acids is 1. The van der Waals surface area contributed by atoms with E-state index in [-0.39, 0.29) is 16.9 Å². The molecule has 7 heteroatoms. The first-order valence-corrected chi connectivity index (χ1v) is 11.5. The van der Waals surface area contributed by atoms with Gasteiger partial charge < -0.3 is 14.5 Å². The van der Waals surface area contributed by atoms with Crippen LogP contribution in [0.25, 0.3) is 22.3 Å². The van der Waals surface area contributed by atoms with Gasteiger partial charge in [-0.3, -0.25) is 9.59 Å². The van der Waals surface area contributed by atoms with E-state index in [1.165, 1.54) is 6.07 Å². The van der Waals surface area contributed by atoms with Crippen LogP contribution >= 0.6 is 23.2 Å². The molecule has 0 saturated carbocycles. The monoisotopic (exact) mass is 495 g/mol. The van der Waals surface area contributed by atoms with Gasteiger partial charge in [-0.15, -0.1) is 0 Å². The molecule has 1 amide bonds. The average Bonchev–Trinajstić information content (AvgIpc) is 2.78. The molecule has 5 nitrogen and oxygen atoms in total. The second-order valence-corrected chi connectivity index (χ2v) is 9.08. The van der Waals surface area contributed by atoms with Crippen LogP contribution in [0, 0.1) is 20.8 Å². The molecule has 4 rings (SSSR count). The molecule has 1 N–H and O–H groups in total. The maximum absolute atomic E-state index is 13.4. The zero-order valence-corrected chi connectivity index (χ0v) is 20.7. The number of benzene rings is 3. The summed E-state index contributed by atoms with van der Waals surface area (Å²) in [6, 6.07) is 15.7. The van der Waals surface area contributed by atoms with Crippen molar-refractivity contribution in [3.63, 3.8) is 0 Å². The molecule has 4 aromatic rings. The molecule has 0 fully saturated rings. The first-order valence-electron chi connectivity index (χ1n) is 10.7. The quantitative estimate of drug-likeness (QED) is 0.320. The Bertz CT molecular complexity index is 1450. The minimum atomic E-state index is -0.999. The van der Waals surface area contributed by atoms with Crippen molar-refractivity contribution in [2.75, 3.05) is 5.32 Å². The van der Waals surface area contributed by atoms with Gasteiger partial charge in [-0.25, -0.2) is 0 Å². The molecular formula is C27H23Cl2NO4. The van der Waals surface area contributed by atoms with Gasteiger partial charge in [0.2, 0.25) is 11.2 Å². The number of aryl methyl sites for hydroxylation is 3. The molecular weight excluding hydrogens is 473 g/mol. The minimum absolute atomic E-state index is 0.108. The third kappa shape index (κ3) is 4.67. The van der Waals surface area contributed by atoms with E-state index in [9.17, 15) is 9.59 Å². The standard InChI is InChI=1S/C27H23Cl2NO4/c1-14-11-15(2)23(16(3)12-14)30-27(32)17(4)33-26-24(31)20-13-18(28)9-10-22(20)34-25(26)19-7-5-6-8-21(19)29/h5-13,17H,1-4H3,(H,30,32). The summed E-state index contributed by atoms with van der Waals surface area (Å²) >= 11 is 12.5. The Kier molecular flexibility index (Phi) is 6.69. The molecule has 1 unspecified atom stereocenters. The van der Waals surface area contributed by atoms with Gasteiger partial charge in [-0.1, -0.05) is 53.0 Å². The van der Waals surface area contributed by atoms with Gasteiger partial charge in [-0.05, 0) is 69.2 Å². The lowest BCUT2D eigenvalue weighted by atomic mass is 10.0. The number of nitrogens with one attached hydrogen (secondary N) is 1. The Labute approximate surface area is 207 Å². The van der Waals surface area contributed by atoms with Crippen LogP contribution in [0.5, 0.6) is 5.75 Å². The lowest BCUT2D eigenvalue weighted by molar-refractivity contribution is -0.122. The van der Waals surface area contributed by atoms with Crippen molar-refractivity contribution in [2.45, 2.75) is 33.8 Å². The first kappa shape index (κ1) is 23.9. The molecule has 174 valence electrons. The Balaban J connectivity index is 1.77. The highest BCUT2D eigenvalue weighted by molar-refractivity contribution is 6.33. The van der Waals surface area contributed by atoms with Crippen LogP contribution in [0.3, 0.4) is 0 Å². The number of rotatable bonds is 5. The van der Waals surface area contributed by atoms with Gasteiger partial charge in [0.15, 0.2) is 11.9 Å². The second kappa shape index (κ2) is 9.53. The van der Waals surface area contributed by atoms with Gasteiger partial charge in [0.05, 0.1) is 10.4 Å². The van der Waals surface area contributed by atoms with Gasteiger partial charge >= 0.3 is 0 Å². The lowest BCUT2D eigenvalue weighted by Gasteiger charge is -2.19. The number of carbonyl (C=O) groups is 1. The molecule has 0 aliphatic carbocycles. The Morgan fingerprint density at radius 3 is 2.35 bits per heavy atom. The summed E-state index contributed by atoms with van der Waals surface area (Å²) in [6.45, 7) is 7.43. The largest absolute Gasteiger partial charge is 0.473 e. The van der Waals surface area contributed by atoms with E-state index < -0.39 is 17.4 Å². The zero-order chi connectivity index (χ0) is 24.6. The normalized spacial score (nSPS) is 11.9. The van der Waals surface area contributed by atoms with Crippen molar-refractivity contribution in [1.82, 2.24) is 0 Å². The summed E-state index contributed by atoms with van der Waals surface area (Å²) < 4.78 is 12.0. The van der Waals surface area contributed by atoms with Crippen LogP contribution in [0.1, 0.15) is 23.6 Å². The Morgan fingerprint density at radius 2 is 1.68 bits per heavy atom. The highest BCUT2D eigenvalue weighted by Crippen LogP contribution is 2.36. The van der Waals surface area contributed by atoms with Crippen LogP contribution < -0.4 is 15.5 Å². The highest BCUT2D eigenvalue weighted by atomic mass is 35.5. The minimum Gasteiger partial charge on any atom is -0.473 e. The molecule has 1 heterocycles. The van der Waals surface area contributed by atoms with Gasteiger partial charge in [0, 0.05) is 16.3 Å². The molecule has 1 aromatic heterocycles. The number of amides is 1. The summed E-state index contributed by atoms with van der Waals surface area (Å²) in [7, 11) is 0. The van der Waals surface area contributed by atoms with Crippen molar-refractivity contribution in [3.05, 3.63) is 91.6 Å². The number of halogens is 2. The van der Waals surface area contributed by atoms with Crippen molar-refractivity contribution < 1.29 is 13.9 Å². The Hall–Kier alpha value is -3.28. The van der Waals surface area contributed by atoms with Gasteiger partial charge in [-0.2, -0.15) is 0 Å². The smallest absolute Gasteiger partial charge is 0.265 e. The fourth-order valence-corrected chi connectivity index (χ4v) is 4.31. The van der Waals surface area contributed by atoms with E-state index in [1.807, 2.05) is 32.9 Å². The fraction of sp³-hybridized carbons (Fsp3) is 0.185. The SMILES string of the molecule is Cc1cc(C)c(NC(=O)C(C)Oc2c(-c3ccccc3Cl)oc3ccc(Cl)cc3c2=O)c(C)c1. The maximum atomic E-state index is 13.4. The predicted molar refractivity (Wildman–Crippen MR) is 137 cm³/mol. The van der Waals surface area contributed by atoms with Crippen molar-refractivity contribution in [1.29, 1.82) is 0 Å². The van der Waals surface area contributed by atoms with Crippen LogP contribution in [0.15, 0.2) is 63.8 Å². The summed E-state index contributed by atoms with van der Waals surface area (Å²) in [4.78, 5) is 26.5. The van der Waals surface area contributed by atoms with E-state index in [0.29, 0.717) is 21.2 Å². The highest BCUT2D eigenvalue weighted by Gasteiger charge is 2.25. The third-order valence-electron chi connectivity index (χ3n) is 5.52. The maximum Gasteiger partial charge on any atom is 0.265 e. The number of ether oxygens (including phenoxy) is 1. The van der Waals surface area contributed by atoms with E-state index >= 15 is 0 Å². The van der Waals surface area contributed by atoms with E-state index in [4.69, 9.17) is 32.4 Å². The number of anilines is 1. The van der Waals surface area contributed by atoms with Crippen LogP contribution in [-0.2, 0) is 4.79 Å². The summed E-state index contributed by atoms with van der Waals surface area (Å²) in [5, 5.41) is 3.93. The molecule has 0 radical (unpaired) electrons. The van der Waals surface area contributed by atoms with Crippen LogP contribution in [-0.4, -0.2) is 12.0 Å². The molecule has 0 bridgehead atoms. The average molecular weight is 496 g/mol. The predicted octanol–water partition coefficient (Wildman–Crippen LogP) is 7.10. The number of hydrogen-bond donors (Lipinski definition) is 1. The van der Waals surface area contributed by atoms with Gasteiger partial charge in [0.1, 0.15) is 5.58 Å². The summed E-state index contributed by atoms with van der Waals surface area (Å²) in [5.41, 5.74) is 4.07. The molecule has 3 aromatic carbocycles. The molecule has 0 spiro atoms. The van der Waals surface area contributed by atoms with Crippen LogP contribution in [0.4, 0.5) is 5.69 Å². The fourth-order valence-electron chi connectivity index (χ4n) is 3.91. The number of hydrogen-bond acceptors (Lipinski definition) is 4. The van der Waals surface area contributed by atoms with E-state index in [1.54, 1.807) is 43.3 Å². The summed E-state index contributed by atoms with van der Waals surface area (Å²) in [5.74, 6) is -0.360. The van der Waals surface area contributed by atoms with Crippen molar-refractivity contribution in [3.8, 4) is 17.1 Å². The summed E-state index contributed by atoms with van der Waals surface area (Å²) in [6.07, 6.45) is -0.999.